The minimum atomic E-state index is -0.592. The highest BCUT2D eigenvalue weighted by molar-refractivity contribution is 6.32. The lowest BCUT2D eigenvalue weighted by Gasteiger charge is -2.11. The van der Waals surface area contributed by atoms with Crippen LogP contribution in [0, 0.1) is 0 Å². The molecule has 2 amide bonds. The third kappa shape index (κ3) is 6.19. The summed E-state index contributed by atoms with van der Waals surface area (Å²) in [5.74, 6) is -0.849. The number of nitrogens with one attached hydrogen (secondary N) is 1. The maximum absolute atomic E-state index is 12.6. The first kappa shape index (κ1) is 22.2. The molecule has 2 aromatic carbocycles. The molecule has 0 aliphatic heterocycles. The zero-order valence-corrected chi connectivity index (χ0v) is 17.2. The summed E-state index contributed by atoms with van der Waals surface area (Å²) in [5.41, 5.74) is 1.23. The van der Waals surface area contributed by atoms with Crippen LogP contribution in [0.4, 0.5) is 0 Å². The van der Waals surface area contributed by atoms with Crippen molar-refractivity contribution in [3.63, 3.8) is 0 Å². The highest BCUT2D eigenvalue weighted by Crippen LogP contribution is 2.27. The number of amides is 2. The zero-order valence-electron chi connectivity index (χ0n) is 16.5. The summed E-state index contributed by atoms with van der Waals surface area (Å²) >= 11 is 5.99. The molecule has 0 heterocycles. The van der Waals surface area contributed by atoms with Gasteiger partial charge in [-0.3, -0.25) is 14.9 Å². The van der Waals surface area contributed by atoms with Crippen molar-refractivity contribution < 1.29 is 23.9 Å². The van der Waals surface area contributed by atoms with Gasteiger partial charge in [-0.1, -0.05) is 43.1 Å². The van der Waals surface area contributed by atoms with E-state index in [-0.39, 0.29) is 11.3 Å². The molecule has 0 spiro atoms. The maximum atomic E-state index is 12.6. The Morgan fingerprint density at radius 2 is 1.83 bits per heavy atom. The van der Waals surface area contributed by atoms with Crippen molar-refractivity contribution in [1.29, 1.82) is 0 Å². The number of ether oxygens (including phenoxy) is 2. The molecule has 0 atom stereocenters. The van der Waals surface area contributed by atoms with Gasteiger partial charge in [0.1, 0.15) is 11.5 Å². The van der Waals surface area contributed by atoms with Crippen molar-refractivity contribution in [2.24, 2.45) is 0 Å². The second-order valence-electron chi connectivity index (χ2n) is 6.21. The lowest BCUT2D eigenvalue weighted by molar-refractivity contribution is -0.127. The Hall–Kier alpha value is -3.12. The number of carbonyl (C=O) groups is 3. The van der Waals surface area contributed by atoms with E-state index >= 15 is 0 Å². The van der Waals surface area contributed by atoms with E-state index in [0.717, 1.165) is 0 Å². The monoisotopic (exact) mass is 415 g/mol. The van der Waals surface area contributed by atoms with Gasteiger partial charge in [0.05, 0.1) is 17.7 Å². The fourth-order valence-electron chi connectivity index (χ4n) is 2.59. The van der Waals surface area contributed by atoms with Crippen LogP contribution in [0.1, 0.15) is 42.6 Å². The van der Waals surface area contributed by atoms with E-state index in [0.29, 0.717) is 34.8 Å². The van der Waals surface area contributed by atoms with Crippen molar-refractivity contribution in [1.82, 2.24) is 5.32 Å². The third-order valence-electron chi connectivity index (χ3n) is 3.94. The summed E-state index contributed by atoms with van der Waals surface area (Å²) in [6.07, 6.45) is 2.80. The van der Waals surface area contributed by atoms with Gasteiger partial charge in [0, 0.05) is 18.1 Å². The van der Waals surface area contributed by atoms with Crippen molar-refractivity contribution in [3.05, 3.63) is 64.2 Å². The fourth-order valence-corrected chi connectivity index (χ4v) is 2.78. The van der Waals surface area contributed by atoms with E-state index in [9.17, 15) is 14.4 Å². The van der Waals surface area contributed by atoms with Crippen molar-refractivity contribution >= 4 is 35.5 Å². The van der Waals surface area contributed by atoms with Gasteiger partial charge in [0.2, 0.25) is 5.91 Å². The summed E-state index contributed by atoms with van der Waals surface area (Å²) in [7, 11) is 1.46. The lowest BCUT2D eigenvalue weighted by atomic mass is 10.0. The van der Waals surface area contributed by atoms with Crippen LogP contribution in [-0.2, 0) is 9.59 Å². The van der Waals surface area contributed by atoms with Crippen LogP contribution < -0.4 is 14.8 Å². The predicted molar refractivity (Wildman–Crippen MR) is 111 cm³/mol. The molecule has 2 rings (SSSR count). The average molecular weight is 416 g/mol. The smallest absolute Gasteiger partial charge is 0.343 e. The van der Waals surface area contributed by atoms with E-state index in [1.54, 1.807) is 36.4 Å². The van der Waals surface area contributed by atoms with Crippen molar-refractivity contribution in [2.75, 3.05) is 7.11 Å². The van der Waals surface area contributed by atoms with Gasteiger partial charge in [-0.05, 0) is 36.8 Å². The molecule has 0 radical (unpaired) electrons. The molecule has 0 bridgehead atoms. The number of imide groups is 1. The van der Waals surface area contributed by atoms with Gasteiger partial charge in [-0.2, -0.15) is 0 Å². The zero-order chi connectivity index (χ0) is 21.4. The van der Waals surface area contributed by atoms with Crippen LogP contribution >= 0.6 is 11.6 Å². The molecule has 0 unspecified atom stereocenters. The van der Waals surface area contributed by atoms with Crippen LogP contribution in [0.5, 0.6) is 11.5 Å². The number of para-hydroxylation sites is 1. The number of rotatable bonds is 7. The number of benzene rings is 2. The first-order chi connectivity index (χ1) is 13.8. The molecule has 0 aromatic heterocycles. The summed E-state index contributed by atoms with van der Waals surface area (Å²) in [5, 5.41) is 2.65. The second kappa shape index (κ2) is 10.4. The van der Waals surface area contributed by atoms with Gasteiger partial charge in [0.25, 0.3) is 5.91 Å². The lowest BCUT2D eigenvalue weighted by Crippen LogP contribution is -2.29. The quantitative estimate of drug-likeness (QED) is 0.411. The van der Waals surface area contributed by atoms with E-state index in [1.807, 2.05) is 6.92 Å². The molecule has 0 aliphatic carbocycles. The van der Waals surface area contributed by atoms with Crippen LogP contribution in [0.3, 0.4) is 0 Å². The number of hydrogen-bond acceptors (Lipinski definition) is 5. The number of methoxy groups -OCH3 is 1. The van der Waals surface area contributed by atoms with E-state index in [1.165, 1.54) is 26.2 Å². The highest BCUT2D eigenvalue weighted by atomic mass is 35.5. The first-order valence-corrected chi connectivity index (χ1v) is 9.40. The van der Waals surface area contributed by atoms with E-state index in [2.05, 4.69) is 5.32 Å². The van der Waals surface area contributed by atoms with Gasteiger partial charge in [-0.15, -0.1) is 0 Å². The van der Waals surface area contributed by atoms with Gasteiger partial charge in [-0.25, -0.2) is 4.79 Å². The summed E-state index contributed by atoms with van der Waals surface area (Å²) in [6, 6.07) is 11.4. The van der Waals surface area contributed by atoms with Crippen molar-refractivity contribution in [3.8, 4) is 11.5 Å². The van der Waals surface area contributed by atoms with Crippen LogP contribution in [0.2, 0.25) is 5.02 Å². The van der Waals surface area contributed by atoms with Gasteiger partial charge in [0.15, 0.2) is 0 Å². The van der Waals surface area contributed by atoms with Crippen LogP contribution in [0.15, 0.2) is 48.0 Å². The van der Waals surface area contributed by atoms with Crippen molar-refractivity contribution in [2.45, 2.75) is 26.7 Å². The molecule has 1 N–H and O–H groups in total. The molecule has 0 aliphatic rings. The summed E-state index contributed by atoms with van der Waals surface area (Å²) < 4.78 is 10.7. The van der Waals surface area contributed by atoms with E-state index < -0.39 is 17.8 Å². The summed E-state index contributed by atoms with van der Waals surface area (Å²) in [4.78, 5) is 36.1. The molecule has 152 valence electrons. The van der Waals surface area contributed by atoms with E-state index in [4.69, 9.17) is 21.1 Å². The Labute approximate surface area is 174 Å². The molecule has 7 heteroatoms. The fraction of sp³-hybridized carbons (Fsp3) is 0.227. The number of halogens is 1. The summed E-state index contributed by atoms with van der Waals surface area (Å²) in [6.45, 7) is 3.20. The Morgan fingerprint density at radius 3 is 2.48 bits per heavy atom. The van der Waals surface area contributed by atoms with Gasteiger partial charge >= 0.3 is 5.97 Å². The molecular formula is C22H22ClNO5. The Bertz CT molecular complexity index is 952. The minimum absolute atomic E-state index is 0.271. The predicted octanol–water partition coefficient (Wildman–Crippen LogP) is 4.41. The normalized spacial score (nSPS) is 11.0. The Balaban J connectivity index is 2.33. The topological polar surface area (TPSA) is 81.7 Å². The SMILES string of the molecule is CCC/C(=C\c1ccccc1OC(=O)c1ccc(Cl)c(OC)c1)C(=O)NC(C)=O. The molecule has 6 nitrogen and oxygen atoms in total. The van der Waals surface area contributed by atoms with Crippen LogP contribution in [0.25, 0.3) is 6.08 Å². The molecular weight excluding hydrogens is 394 g/mol. The largest absolute Gasteiger partial charge is 0.495 e. The second-order valence-corrected chi connectivity index (χ2v) is 6.61. The molecule has 0 saturated carbocycles. The minimum Gasteiger partial charge on any atom is -0.495 e. The Morgan fingerprint density at radius 1 is 1.10 bits per heavy atom. The first-order valence-electron chi connectivity index (χ1n) is 9.03. The number of esters is 1. The molecule has 0 saturated heterocycles. The highest BCUT2D eigenvalue weighted by Gasteiger charge is 2.15. The maximum Gasteiger partial charge on any atom is 0.343 e. The average Bonchev–Trinajstić information content (AvgIpc) is 2.68. The Kier molecular flexibility index (Phi) is 7.98. The van der Waals surface area contributed by atoms with Crippen LogP contribution in [-0.4, -0.2) is 24.9 Å². The number of hydrogen-bond donors (Lipinski definition) is 1. The third-order valence-corrected chi connectivity index (χ3v) is 4.25. The molecule has 29 heavy (non-hydrogen) atoms. The standard InChI is InChI=1S/C22H22ClNO5/c1-4-7-16(21(26)24-14(2)25)12-15-8-5-6-9-19(15)29-22(27)17-10-11-18(23)20(13-17)28-3/h5-6,8-13H,4,7H2,1-3H3,(H,24,25,26)/b16-12+. The van der Waals surface area contributed by atoms with Gasteiger partial charge < -0.3 is 9.47 Å². The molecule has 0 fully saturated rings. The molecule has 2 aromatic rings. The number of carbonyl (C=O) groups excluding carboxylic acids is 3.